The van der Waals surface area contributed by atoms with Crippen LogP contribution in [0.15, 0.2) is 51.8 Å². The fourth-order valence-electron chi connectivity index (χ4n) is 2.81. The van der Waals surface area contributed by atoms with Crippen LogP contribution in [0.25, 0.3) is 6.08 Å². The Morgan fingerprint density at radius 1 is 1.18 bits per heavy atom. The number of carbonyl (C=O) groups is 4. The zero-order valence-electron chi connectivity index (χ0n) is 18.2. The number of esters is 1. The number of hydrogen-bond donors (Lipinski definition) is 1. The van der Waals surface area contributed by atoms with E-state index in [1.807, 2.05) is 0 Å². The number of thioether (sulfide) groups is 1. The monoisotopic (exact) mass is 550 g/mol. The molecule has 0 spiro atoms. The van der Waals surface area contributed by atoms with Crippen LogP contribution in [0.5, 0.6) is 5.75 Å². The summed E-state index contributed by atoms with van der Waals surface area (Å²) in [6.07, 6.45) is 1.17. The van der Waals surface area contributed by atoms with Crippen LogP contribution < -0.4 is 10.1 Å². The van der Waals surface area contributed by atoms with Gasteiger partial charge in [-0.15, -0.1) is 0 Å². The first-order valence-corrected chi connectivity index (χ1v) is 11.7. The highest BCUT2D eigenvalue weighted by molar-refractivity contribution is 9.10. The molecule has 34 heavy (non-hydrogen) atoms. The van der Waals surface area contributed by atoms with Gasteiger partial charge in [-0.1, -0.05) is 6.07 Å². The van der Waals surface area contributed by atoms with Gasteiger partial charge < -0.3 is 14.8 Å². The van der Waals surface area contributed by atoms with Gasteiger partial charge in [0.05, 0.1) is 15.5 Å². The molecule has 1 aliphatic heterocycles. The zero-order valence-corrected chi connectivity index (χ0v) is 20.6. The van der Waals surface area contributed by atoms with E-state index in [2.05, 4.69) is 21.2 Å². The fraction of sp³-hybridized carbons (Fsp3) is 0.217. The lowest BCUT2D eigenvalue weighted by Gasteiger charge is -2.13. The second kappa shape index (κ2) is 11.3. The lowest BCUT2D eigenvalue weighted by atomic mass is 10.2. The maximum absolute atomic E-state index is 12.9. The average Bonchev–Trinajstić information content (AvgIpc) is 3.01. The van der Waals surface area contributed by atoms with Gasteiger partial charge in [-0.25, -0.2) is 4.39 Å². The Labute approximate surface area is 207 Å². The van der Waals surface area contributed by atoms with Gasteiger partial charge in [0, 0.05) is 5.69 Å². The number of amides is 3. The van der Waals surface area contributed by atoms with E-state index in [4.69, 9.17) is 9.47 Å². The molecule has 2 aromatic carbocycles. The summed E-state index contributed by atoms with van der Waals surface area (Å²) in [5.41, 5.74) is 1.04. The van der Waals surface area contributed by atoms with E-state index in [0.29, 0.717) is 21.5 Å². The molecule has 1 saturated heterocycles. The third-order valence-electron chi connectivity index (χ3n) is 4.27. The summed E-state index contributed by atoms with van der Waals surface area (Å²) >= 11 is 4.09. The molecule has 1 aliphatic rings. The van der Waals surface area contributed by atoms with Crippen molar-refractivity contribution >= 4 is 62.5 Å². The second-order valence-corrected chi connectivity index (χ2v) is 9.19. The summed E-state index contributed by atoms with van der Waals surface area (Å²) in [5.74, 6) is -1.68. The number of rotatable bonds is 8. The maximum Gasteiger partial charge on any atom is 0.326 e. The van der Waals surface area contributed by atoms with Gasteiger partial charge in [0.2, 0.25) is 0 Å². The van der Waals surface area contributed by atoms with Crippen LogP contribution >= 0.6 is 27.7 Å². The smallest absolute Gasteiger partial charge is 0.326 e. The number of ether oxygens (including phenoxy) is 2. The van der Waals surface area contributed by atoms with Gasteiger partial charge in [0.15, 0.2) is 6.61 Å². The molecule has 178 valence electrons. The van der Waals surface area contributed by atoms with Gasteiger partial charge in [-0.05, 0) is 89.6 Å². The predicted molar refractivity (Wildman–Crippen MR) is 129 cm³/mol. The summed E-state index contributed by atoms with van der Waals surface area (Å²) in [6, 6.07) is 10.3. The standard InChI is InChI=1S/C23H20BrFN2O6S/c1-13(2)33-21(29)11-27-22(30)19(34-23(27)31)10-14-3-8-18(17(24)9-14)32-12-20(28)26-16-6-4-15(25)5-7-16/h3-10,13H,11-12H2,1-2H3,(H,26,28)/b19-10+. The van der Waals surface area contributed by atoms with Crippen LogP contribution in [-0.2, 0) is 19.1 Å². The van der Waals surface area contributed by atoms with Gasteiger partial charge >= 0.3 is 5.97 Å². The Hall–Kier alpha value is -3.18. The first kappa shape index (κ1) is 25.4. The molecule has 11 heteroatoms. The van der Waals surface area contributed by atoms with Crippen LogP contribution in [0, 0.1) is 5.82 Å². The minimum atomic E-state index is -0.661. The highest BCUT2D eigenvalue weighted by Gasteiger charge is 2.36. The highest BCUT2D eigenvalue weighted by atomic mass is 79.9. The van der Waals surface area contributed by atoms with Crippen molar-refractivity contribution in [3.05, 3.63) is 63.2 Å². The number of nitrogens with zero attached hydrogens (tertiary/aromatic N) is 1. The van der Waals surface area contributed by atoms with Crippen LogP contribution in [0.2, 0.25) is 0 Å². The van der Waals surface area contributed by atoms with Crippen LogP contribution in [0.4, 0.5) is 14.9 Å². The Kier molecular flexibility index (Phi) is 8.46. The molecule has 0 aromatic heterocycles. The summed E-state index contributed by atoms with van der Waals surface area (Å²) in [5, 5.41) is 2.04. The summed E-state index contributed by atoms with van der Waals surface area (Å²) < 4.78 is 24.0. The molecular weight excluding hydrogens is 531 g/mol. The molecule has 0 unspecified atom stereocenters. The van der Waals surface area contributed by atoms with Crippen molar-refractivity contribution in [3.8, 4) is 5.75 Å². The van der Waals surface area contributed by atoms with E-state index >= 15 is 0 Å². The van der Waals surface area contributed by atoms with Gasteiger partial charge in [0.1, 0.15) is 18.1 Å². The first-order chi connectivity index (χ1) is 16.1. The minimum Gasteiger partial charge on any atom is -0.483 e. The van der Waals surface area contributed by atoms with E-state index < -0.39 is 35.4 Å². The molecule has 1 N–H and O–H groups in total. The largest absolute Gasteiger partial charge is 0.483 e. The minimum absolute atomic E-state index is 0.168. The second-order valence-electron chi connectivity index (χ2n) is 7.34. The molecule has 0 bridgehead atoms. The molecule has 3 rings (SSSR count). The first-order valence-electron chi connectivity index (χ1n) is 10.0. The van der Waals surface area contributed by atoms with E-state index in [9.17, 15) is 23.6 Å². The third kappa shape index (κ3) is 6.91. The van der Waals surface area contributed by atoms with Crippen molar-refractivity contribution in [2.75, 3.05) is 18.5 Å². The molecule has 8 nitrogen and oxygen atoms in total. The van der Waals surface area contributed by atoms with Crippen molar-refractivity contribution < 1.29 is 33.0 Å². The third-order valence-corrected chi connectivity index (χ3v) is 5.80. The molecule has 0 atom stereocenters. The van der Waals surface area contributed by atoms with Crippen LogP contribution in [-0.4, -0.2) is 47.2 Å². The number of benzene rings is 2. The van der Waals surface area contributed by atoms with Gasteiger partial charge in [-0.3, -0.25) is 24.1 Å². The van der Waals surface area contributed by atoms with Crippen molar-refractivity contribution in [2.24, 2.45) is 0 Å². The maximum atomic E-state index is 12.9. The lowest BCUT2D eigenvalue weighted by molar-refractivity contribution is -0.149. The van der Waals surface area contributed by atoms with Crippen LogP contribution in [0.1, 0.15) is 19.4 Å². The highest BCUT2D eigenvalue weighted by Crippen LogP contribution is 2.34. The molecular formula is C23H20BrFN2O6S. The van der Waals surface area contributed by atoms with E-state index in [1.165, 1.54) is 30.3 Å². The topological polar surface area (TPSA) is 102 Å². The predicted octanol–water partition coefficient (Wildman–Crippen LogP) is 4.59. The van der Waals surface area contributed by atoms with Crippen molar-refractivity contribution in [1.29, 1.82) is 0 Å². The normalized spacial score (nSPS) is 14.6. The van der Waals surface area contributed by atoms with E-state index in [0.717, 1.165) is 16.7 Å². The molecule has 2 aromatic rings. The number of hydrogen-bond acceptors (Lipinski definition) is 7. The van der Waals surface area contributed by atoms with E-state index in [-0.39, 0.29) is 17.6 Å². The molecule has 0 radical (unpaired) electrons. The summed E-state index contributed by atoms with van der Waals surface area (Å²) in [6.45, 7) is 2.63. The summed E-state index contributed by atoms with van der Waals surface area (Å²) in [4.78, 5) is 49.6. The molecule has 1 heterocycles. The Bertz CT molecular complexity index is 1150. The molecule has 0 saturated carbocycles. The fourth-order valence-corrected chi connectivity index (χ4v) is 4.16. The SMILES string of the molecule is CC(C)OC(=O)CN1C(=O)S/C(=C/c2ccc(OCC(=O)Nc3ccc(F)cc3)c(Br)c2)C1=O. The van der Waals surface area contributed by atoms with E-state index in [1.54, 1.807) is 32.0 Å². The van der Waals surface area contributed by atoms with Gasteiger partial charge in [0.25, 0.3) is 17.1 Å². The number of halogens is 2. The number of imide groups is 1. The van der Waals surface area contributed by atoms with Crippen LogP contribution in [0.3, 0.4) is 0 Å². The number of nitrogens with one attached hydrogen (secondary N) is 1. The Morgan fingerprint density at radius 3 is 2.53 bits per heavy atom. The molecule has 0 aliphatic carbocycles. The number of anilines is 1. The molecule has 3 amide bonds. The average molecular weight is 551 g/mol. The van der Waals surface area contributed by atoms with Crippen molar-refractivity contribution in [1.82, 2.24) is 4.90 Å². The summed E-state index contributed by atoms with van der Waals surface area (Å²) in [7, 11) is 0. The van der Waals surface area contributed by atoms with Crippen molar-refractivity contribution in [2.45, 2.75) is 20.0 Å². The molecule has 1 fully saturated rings. The van der Waals surface area contributed by atoms with Gasteiger partial charge in [-0.2, -0.15) is 0 Å². The lowest BCUT2D eigenvalue weighted by Crippen LogP contribution is -2.35. The Morgan fingerprint density at radius 2 is 1.88 bits per heavy atom. The quantitative estimate of drug-likeness (QED) is 0.378. The zero-order chi connectivity index (χ0) is 24.8. The van der Waals surface area contributed by atoms with Crippen molar-refractivity contribution in [3.63, 3.8) is 0 Å². The Balaban J connectivity index is 1.60. The number of carbonyl (C=O) groups excluding carboxylic acids is 4.